The Morgan fingerprint density at radius 3 is 2.35 bits per heavy atom. The van der Waals surface area contributed by atoms with Crippen LogP contribution in [0.1, 0.15) is 11.1 Å². The summed E-state index contributed by atoms with van der Waals surface area (Å²) >= 11 is 0. The van der Waals surface area contributed by atoms with Crippen molar-refractivity contribution in [1.82, 2.24) is 0 Å². The van der Waals surface area contributed by atoms with Crippen molar-refractivity contribution in [1.29, 1.82) is 5.26 Å². The molecule has 0 saturated heterocycles. The van der Waals surface area contributed by atoms with Gasteiger partial charge in [0.2, 0.25) is 10.0 Å². The van der Waals surface area contributed by atoms with Crippen LogP contribution in [-0.2, 0) is 21.4 Å². The molecule has 8 nitrogen and oxygen atoms in total. The van der Waals surface area contributed by atoms with Gasteiger partial charge in [-0.25, -0.2) is 17.9 Å². The molecule has 0 radical (unpaired) electrons. The number of carbonyl (C=O) groups is 1. The maximum absolute atomic E-state index is 13.0. The van der Waals surface area contributed by atoms with E-state index in [1.54, 1.807) is 30.3 Å². The Labute approximate surface area is 196 Å². The summed E-state index contributed by atoms with van der Waals surface area (Å²) in [6, 6.07) is 17.8. The second kappa shape index (κ2) is 10.6. The lowest BCUT2D eigenvalue weighted by Crippen LogP contribution is -2.14. The molecular formula is C24H20FN3O5S. The van der Waals surface area contributed by atoms with E-state index in [2.05, 4.69) is 5.32 Å². The molecule has 3 rings (SSSR count). The number of nitriles is 1. The molecule has 10 heteroatoms. The molecule has 0 bridgehead atoms. The average Bonchev–Trinajstić information content (AvgIpc) is 2.82. The summed E-state index contributed by atoms with van der Waals surface area (Å²) in [4.78, 5) is 12.4. The summed E-state index contributed by atoms with van der Waals surface area (Å²) in [5.41, 5.74) is 1.40. The quantitative estimate of drug-likeness (QED) is 0.373. The Morgan fingerprint density at radius 2 is 1.76 bits per heavy atom. The number of rotatable bonds is 8. The minimum Gasteiger partial charge on any atom is -0.493 e. The van der Waals surface area contributed by atoms with Gasteiger partial charge in [-0.3, -0.25) is 4.79 Å². The standard InChI is InChI=1S/C24H20FN3O5S/c1-32-23-13-17(4-11-22(23)33-15-16-2-5-19(25)6-3-16)12-18(14-26)24(29)28-20-7-9-21(10-8-20)34(27,30)31/h2-13H,15H2,1H3,(H,28,29)(H2,27,30,31)/b18-12+. The van der Waals surface area contributed by atoms with Gasteiger partial charge < -0.3 is 14.8 Å². The number of sulfonamides is 1. The fourth-order valence-electron chi connectivity index (χ4n) is 2.88. The third-order valence-corrected chi connectivity index (χ3v) is 5.54. The molecule has 0 aliphatic heterocycles. The van der Waals surface area contributed by atoms with E-state index < -0.39 is 15.9 Å². The summed E-state index contributed by atoms with van der Waals surface area (Å²) in [5.74, 6) is -0.203. The van der Waals surface area contributed by atoms with Crippen LogP contribution in [0.4, 0.5) is 10.1 Å². The van der Waals surface area contributed by atoms with E-state index in [4.69, 9.17) is 14.6 Å². The fourth-order valence-corrected chi connectivity index (χ4v) is 3.39. The van der Waals surface area contributed by atoms with Crippen LogP contribution in [0.5, 0.6) is 11.5 Å². The van der Waals surface area contributed by atoms with Gasteiger partial charge in [-0.1, -0.05) is 18.2 Å². The number of ether oxygens (including phenoxy) is 2. The predicted molar refractivity (Wildman–Crippen MR) is 124 cm³/mol. The van der Waals surface area contributed by atoms with Crippen LogP contribution in [0, 0.1) is 17.1 Å². The van der Waals surface area contributed by atoms with Gasteiger partial charge in [0.15, 0.2) is 11.5 Å². The molecule has 174 valence electrons. The highest BCUT2D eigenvalue weighted by Gasteiger charge is 2.13. The summed E-state index contributed by atoms with van der Waals surface area (Å²) < 4.78 is 46.8. The maximum atomic E-state index is 13.0. The normalized spacial score (nSPS) is 11.4. The van der Waals surface area contributed by atoms with Gasteiger partial charge in [-0.2, -0.15) is 5.26 Å². The van der Waals surface area contributed by atoms with Crippen LogP contribution in [0.3, 0.4) is 0 Å². The molecule has 3 aromatic rings. The predicted octanol–water partition coefficient (Wildman–Crippen LogP) is 3.61. The largest absolute Gasteiger partial charge is 0.493 e. The molecule has 0 spiro atoms. The summed E-state index contributed by atoms with van der Waals surface area (Å²) in [5, 5.41) is 17.0. The smallest absolute Gasteiger partial charge is 0.266 e. The van der Waals surface area contributed by atoms with E-state index >= 15 is 0 Å². The van der Waals surface area contributed by atoms with Crippen molar-refractivity contribution in [2.24, 2.45) is 5.14 Å². The lowest BCUT2D eigenvalue weighted by atomic mass is 10.1. The van der Waals surface area contributed by atoms with Crippen LogP contribution < -0.4 is 19.9 Å². The van der Waals surface area contributed by atoms with Gasteiger partial charge in [-0.05, 0) is 65.7 Å². The van der Waals surface area contributed by atoms with E-state index in [1.165, 1.54) is 49.6 Å². The molecular weight excluding hydrogens is 461 g/mol. The second-order valence-electron chi connectivity index (χ2n) is 7.02. The summed E-state index contributed by atoms with van der Waals surface area (Å²) in [7, 11) is -2.40. The first-order valence-corrected chi connectivity index (χ1v) is 11.4. The van der Waals surface area contributed by atoms with Gasteiger partial charge in [0.05, 0.1) is 12.0 Å². The Kier molecular flexibility index (Phi) is 7.63. The monoisotopic (exact) mass is 481 g/mol. The molecule has 0 heterocycles. The number of methoxy groups -OCH3 is 1. The highest BCUT2D eigenvalue weighted by Crippen LogP contribution is 2.30. The number of carbonyl (C=O) groups excluding carboxylic acids is 1. The lowest BCUT2D eigenvalue weighted by Gasteiger charge is -2.12. The van der Waals surface area contributed by atoms with Gasteiger partial charge >= 0.3 is 0 Å². The van der Waals surface area contributed by atoms with Crippen molar-refractivity contribution in [2.75, 3.05) is 12.4 Å². The molecule has 1 amide bonds. The molecule has 0 aromatic heterocycles. The second-order valence-corrected chi connectivity index (χ2v) is 8.58. The van der Waals surface area contributed by atoms with Crippen molar-refractivity contribution < 1.29 is 27.1 Å². The number of hydrogen-bond acceptors (Lipinski definition) is 6. The number of benzene rings is 3. The third-order valence-electron chi connectivity index (χ3n) is 4.61. The number of nitrogens with zero attached hydrogens (tertiary/aromatic N) is 1. The number of primary sulfonamides is 1. The topological polar surface area (TPSA) is 132 Å². The SMILES string of the molecule is COc1cc(/C=C(\C#N)C(=O)Nc2ccc(S(N)(=O)=O)cc2)ccc1OCc1ccc(F)cc1. The molecule has 0 saturated carbocycles. The van der Waals surface area contributed by atoms with Gasteiger partial charge in [0, 0.05) is 5.69 Å². The maximum Gasteiger partial charge on any atom is 0.266 e. The van der Waals surface area contributed by atoms with Crippen LogP contribution >= 0.6 is 0 Å². The lowest BCUT2D eigenvalue weighted by molar-refractivity contribution is -0.112. The van der Waals surface area contributed by atoms with Crippen molar-refractivity contribution in [2.45, 2.75) is 11.5 Å². The fraction of sp³-hybridized carbons (Fsp3) is 0.0833. The van der Waals surface area contributed by atoms with Crippen LogP contribution in [-0.4, -0.2) is 21.4 Å². The zero-order valence-corrected chi connectivity index (χ0v) is 18.8. The molecule has 34 heavy (non-hydrogen) atoms. The Hall–Kier alpha value is -4.20. The van der Waals surface area contributed by atoms with Crippen LogP contribution in [0.15, 0.2) is 77.2 Å². The number of hydrogen-bond donors (Lipinski definition) is 2. The zero-order chi connectivity index (χ0) is 24.7. The van der Waals surface area contributed by atoms with E-state index in [1.807, 2.05) is 6.07 Å². The number of nitrogens with one attached hydrogen (secondary N) is 1. The first-order chi connectivity index (χ1) is 16.2. The van der Waals surface area contributed by atoms with Crippen LogP contribution in [0.2, 0.25) is 0 Å². The summed E-state index contributed by atoms with van der Waals surface area (Å²) in [6.07, 6.45) is 1.38. The first-order valence-electron chi connectivity index (χ1n) is 9.81. The highest BCUT2D eigenvalue weighted by atomic mass is 32.2. The van der Waals surface area contributed by atoms with E-state index in [0.717, 1.165) is 5.56 Å². The molecule has 0 atom stereocenters. The van der Waals surface area contributed by atoms with Gasteiger partial charge in [0.1, 0.15) is 24.1 Å². The number of anilines is 1. The minimum atomic E-state index is -3.86. The number of nitrogens with two attached hydrogens (primary N) is 1. The average molecular weight is 482 g/mol. The van der Waals surface area contributed by atoms with Crippen molar-refractivity contribution >= 4 is 27.7 Å². The van der Waals surface area contributed by atoms with E-state index in [9.17, 15) is 22.9 Å². The Bertz CT molecular complexity index is 1360. The number of halogens is 1. The molecule has 0 aliphatic rings. The highest BCUT2D eigenvalue weighted by molar-refractivity contribution is 7.89. The van der Waals surface area contributed by atoms with Gasteiger partial charge in [-0.15, -0.1) is 0 Å². The Morgan fingerprint density at radius 1 is 1.09 bits per heavy atom. The van der Waals surface area contributed by atoms with Crippen molar-refractivity contribution in [3.8, 4) is 17.6 Å². The molecule has 0 fully saturated rings. The molecule has 3 aromatic carbocycles. The first kappa shape index (κ1) is 24.4. The van der Waals surface area contributed by atoms with E-state index in [-0.39, 0.29) is 22.9 Å². The number of amides is 1. The third kappa shape index (κ3) is 6.41. The molecule has 3 N–H and O–H groups in total. The minimum absolute atomic E-state index is 0.102. The van der Waals surface area contributed by atoms with Crippen molar-refractivity contribution in [3.05, 3.63) is 89.2 Å². The van der Waals surface area contributed by atoms with Gasteiger partial charge in [0.25, 0.3) is 5.91 Å². The Balaban J connectivity index is 1.73. The van der Waals surface area contributed by atoms with Crippen LogP contribution in [0.25, 0.3) is 6.08 Å². The van der Waals surface area contributed by atoms with Crippen molar-refractivity contribution in [3.63, 3.8) is 0 Å². The summed E-state index contributed by atoms with van der Waals surface area (Å²) in [6.45, 7) is 0.196. The van der Waals surface area contributed by atoms with E-state index in [0.29, 0.717) is 22.7 Å². The molecule has 0 unspecified atom stereocenters. The molecule has 0 aliphatic carbocycles. The zero-order valence-electron chi connectivity index (χ0n) is 18.0.